The third-order valence-electron chi connectivity index (χ3n) is 6.35. The highest BCUT2D eigenvalue weighted by Gasteiger charge is 2.60. The van der Waals surface area contributed by atoms with E-state index in [2.05, 4.69) is 0 Å². The predicted molar refractivity (Wildman–Crippen MR) is 69.0 cm³/mol. The number of cyclic esters (lactones) is 2. The average molecular weight is 262 g/mol. The van der Waals surface area contributed by atoms with Crippen molar-refractivity contribution in [2.45, 2.75) is 51.4 Å². The predicted octanol–water partition coefficient (Wildman–Crippen LogP) is 2.93. The molecule has 0 unspecified atom stereocenters. The van der Waals surface area contributed by atoms with Crippen LogP contribution in [0.1, 0.15) is 51.4 Å². The first kappa shape index (κ1) is 11.9. The van der Waals surface area contributed by atoms with Crippen LogP contribution in [0.25, 0.3) is 0 Å². The summed E-state index contributed by atoms with van der Waals surface area (Å²) >= 11 is 0. The molecule has 0 aromatic carbocycles. The smallest absolute Gasteiger partial charge is 0.317 e. The minimum Gasteiger partial charge on any atom is -0.393 e. The SMILES string of the molecule is O=C1OC(=O)[C@@H]2[C@H]3CCCC[C@H]3[C@H]3CCCC[C@@H]3[C@@H]12. The first-order valence-corrected chi connectivity index (χ1v) is 8.03. The molecule has 4 rings (SSSR count). The summed E-state index contributed by atoms with van der Waals surface area (Å²) in [5.74, 6) is 1.70. The number of carbonyl (C=O) groups is 2. The molecule has 0 amide bonds. The molecular formula is C16H22O3. The summed E-state index contributed by atoms with van der Waals surface area (Å²) in [7, 11) is 0. The summed E-state index contributed by atoms with van der Waals surface area (Å²) in [6.07, 6.45) is 9.89. The largest absolute Gasteiger partial charge is 0.393 e. The van der Waals surface area contributed by atoms with E-state index in [-0.39, 0.29) is 23.8 Å². The van der Waals surface area contributed by atoms with Crippen molar-refractivity contribution in [2.75, 3.05) is 0 Å². The van der Waals surface area contributed by atoms with Gasteiger partial charge in [-0.2, -0.15) is 0 Å². The molecule has 0 bridgehead atoms. The van der Waals surface area contributed by atoms with Crippen LogP contribution in [-0.4, -0.2) is 11.9 Å². The molecule has 3 nitrogen and oxygen atoms in total. The lowest BCUT2D eigenvalue weighted by Gasteiger charge is -2.51. The number of esters is 2. The molecule has 4 fully saturated rings. The Hall–Kier alpha value is -0.860. The van der Waals surface area contributed by atoms with Gasteiger partial charge in [0.15, 0.2) is 0 Å². The molecule has 0 aromatic heterocycles. The fraction of sp³-hybridized carbons (Fsp3) is 0.875. The Kier molecular flexibility index (Phi) is 2.71. The molecule has 1 heterocycles. The number of fused-ring (bicyclic) bond motifs is 6. The Morgan fingerprint density at radius 1 is 0.632 bits per heavy atom. The highest BCUT2D eigenvalue weighted by atomic mass is 16.6. The minimum atomic E-state index is -0.198. The number of carbonyl (C=O) groups excluding carboxylic acids is 2. The second kappa shape index (κ2) is 4.32. The Morgan fingerprint density at radius 3 is 1.42 bits per heavy atom. The maximum absolute atomic E-state index is 12.1. The van der Waals surface area contributed by atoms with Gasteiger partial charge in [-0.1, -0.05) is 25.7 Å². The summed E-state index contributed by atoms with van der Waals surface area (Å²) < 4.78 is 5.03. The van der Waals surface area contributed by atoms with Crippen molar-refractivity contribution < 1.29 is 14.3 Å². The zero-order valence-corrected chi connectivity index (χ0v) is 11.3. The summed E-state index contributed by atoms with van der Waals surface area (Å²) in [4.78, 5) is 24.2. The second-order valence-electron chi connectivity index (χ2n) is 7.02. The second-order valence-corrected chi connectivity index (χ2v) is 7.02. The van der Waals surface area contributed by atoms with Crippen molar-refractivity contribution in [2.24, 2.45) is 35.5 Å². The van der Waals surface area contributed by atoms with Crippen molar-refractivity contribution >= 4 is 11.9 Å². The van der Waals surface area contributed by atoms with E-state index >= 15 is 0 Å². The van der Waals surface area contributed by atoms with Crippen molar-refractivity contribution in [3.05, 3.63) is 0 Å². The van der Waals surface area contributed by atoms with Gasteiger partial charge in [-0.3, -0.25) is 9.59 Å². The van der Waals surface area contributed by atoms with Gasteiger partial charge < -0.3 is 4.74 Å². The molecule has 0 radical (unpaired) electrons. The van der Waals surface area contributed by atoms with Gasteiger partial charge in [0, 0.05) is 0 Å². The minimum absolute atomic E-state index is 0.0860. The first-order valence-electron chi connectivity index (χ1n) is 8.03. The van der Waals surface area contributed by atoms with Gasteiger partial charge in [0.2, 0.25) is 0 Å². The van der Waals surface area contributed by atoms with Crippen LogP contribution < -0.4 is 0 Å². The van der Waals surface area contributed by atoms with E-state index in [0.717, 1.165) is 12.8 Å². The molecule has 3 aliphatic carbocycles. The molecule has 0 spiro atoms. The molecule has 0 N–H and O–H groups in total. The lowest BCUT2D eigenvalue weighted by Crippen LogP contribution is -2.49. The first-order chi connectivity index (χ1) is 9.27. The Bertz CT molecular complexity index is 378. The number of rotatable bonds is 0. The van der Waals surface area contributed by atoms with Gasteiger partial charge in [-0.05, 0) is 49.4 Å². The van der Waals surface area contributed by atoms with Crippen LogP contribution >= 0.6 is 0 Å². The third kappa shape index (κ3) is 1.63. The van der Waals surface area contributed by atoms with Crippen molar-refractivity contribution in [3.8, 4) is 0 Å². The van der Waals surface area contributed by atoms with Crippen LogP contribution in [0.2, 0.25) is 0 Å². The molecule has 3 heteroatoms. The summed E-state index contributed by atoms with van der Waals surface area (Å²) in [5.41, 5.74) is 0. The van der Waals surface area contributed by atoms with Crippen molar-refractivity contribution in [1.29, 1.82) is 0 Å². The zero-order chi connectivity index (χ0) is 13.0. The fourth-order valence-corrected chi connectivity index (χ4v) is 5.74. The van der Waals surface area contributed by atoms with E-state index in [9.17, 15) is 9.59 Å². The lowest BCUT2D eigenvalue weighted by atomic mass is 9.51. The highest BCUT2D eigenvalue weighted by molar-refractivity contribution is 5.97. The quantitative estimate of drug-likeness (QED) is 0.498. The van der Waals surface area contributed by atoms with Gasteiger partial charge in [0.05, 0.1) is 11.8 Å². The molecule has 6 atom stereocenters. The molecule has 1 saturated heterocycles. The molecule has 1 aliphatic heterocycles. The van der Waals surface area contributed by atoms with E-state index in [1.54, 1.807) is 0 Å². The number of hydrogen-bond donors (Lipinski definition) is 0. The van der Waals surface area contributed by atoms with E-state index in [0.29, 0.717) is 23.7 Å². The molecule has 19 heavy (non-hydrogen) atoms. The van der Waals surface area contributed by atoms with Gasteiger partial charge >= 0.3 is 11.9 Å². The van der Waals surface area contributed by atoms with Crippen LogP contribution in [0.4, 0.5) is 0 Å². The Morgan fingerprint density at radius 2 is 1.00 bits per heavy atom. The van der Waals surface area contributed by atoms with Gasteiger partial charge in [-0.25, -0.2) is 0 Å². The third-order valence-corrected chi connectivity index (χ3v) is 6.35. The maximum atomic E-state index is 12.1. The van der Waals surface area contributed by atoms with E-state index in [4.69, 9.17) is 4.74 Å². The van der Waals surface area contributed by atoms with Crippen LogP contribution in [0.5, 0.6) is 0 Å². The van der Waals surface area contributed by atoms with Crippen LogP contribution in [0.3, 0.4) is 0 Å². The Balaban J connectivity index is 1.74. The zero-order valence-electron chi connectivity index (χ0n) is 11.3. The Labute approximate surface area is 114 Å². The number of hydrogen-bond acceptors (Lipinski definition) is 3. The highest BCUT2D eigenvalue weighted by Crippen LogP contribution is 2.58. The van der Waals surface area contributed by atoms with E-state index in [1.165, 1.54) is 38.5 Å². The molecule has 0 aromatic rings. The van der Waals surface area contributed by atoms with Crippen molar-refractivity contribution in [1.82, 2.24) is 0 Å². The molecular weight excluding hydrogens is 240 g/mol. The molecule has 4 aliphatic rings. The van der Waals surface area contributed by atoms with Gasteiger partial charge in [0.1, 0.15) is 0 Å². The maximum Gasteiger partial charge on any atom is 0.317 e. The fourth-order valence-electron chi connectivity index (χ4n) is 5.74. The van der Waals surface area contributed by atoms with Crippen LogP contribution in [-0.2, 0) is 14.3 Å². The van der Waals surface area contributed by atoms with Crippen LogP contribution in [0, 0.1) is 35.5 Å². The lowest BCUT2D eigenvalue weighted by molar-refractivity contribution is -0.154. The topological polar surface area (TPSA) is 43.4 Å². The average Bonchev–Trinajstić information content (AvgIpc) is 2.75. The monoisotopic (exact) mass is 262 g/mol. The molecule has 104 valence electrons. The van der Waals surface area contributed by atoms with E-state index < -0.39 is 0 Å². The van der Waals surface area contributed by atoms with Crippen LogP contribution in [0.15, 0.2) is 0 Å². The standard InChI is InChI=1S/C16H22O3/c17-15-13-11-7-3-1-5-9(11)10-6-2-4-8-12(10)14(13)16(18)19-15/h9-14H,1-8H2/t9-,10+,11-,12-,13+,14+/m0/s1. The number of ether oxygens (including phenoxy) is 1. The molecule has 3 saturated carbocycles. The summed E-state index contributed by atoms with van der Waals surface area (Å²) in [5, 5.41) is 0. The summed E-state index contributed by atoms with van der Waals surface area (Å²) in [6.45, 7) is 0. The van der Waals surface area contributed by atoms with E-state index in [1.807, 2.05) is 0 Å². The normalized spacial score (nSPS) is 49.1. The summed E-state index contributed by atoms with van der Waals surface area (Å²) in [6, 6.07) is 0. The van der Waals surface area contributed by atoms with Gasteiger partial charge in [-0.15, -0.1) is 0 Å². The van der Waals surface area contributed by atoms with Gasteiger partial charge in [0.25, 0.3) is 0 Å². The van der Waals surface area contributed by atoms with Crippen molar-refractivity contribution in [3.63, 3.8) is 0 Å².